The third kappa shape index (κ3) is 7.28. The Morgan fingerprint density at radius 1 is 1.30 bits per heavy atom. The molecule has 2 aromatic rings. The summed E-state index contributed by atoms with van der Waals surface area (Å²) in [6, 6.07) is 4.58. The van der Waals surface area contributed by atoms with Crippen molar-refractivity contribution in [2.24, 2.45) is 5.92 Å². The van der Waals surface area contributed by atoms with E-state index < -0.39 is 18.0 Å². The van der Waals surface area contributed by atoms with Gasteiger partial charge in [0.05, 0.1) is 29.7 Å². The lowest BCUT2D eigenvalue weighted by Gasteiger charge is -2.40. The largest absolute Gasteiger partial charge is 0.459 e. The minimum absolute atomic E-state index is 0.0718. The van der Waals surface area contributed by atoms with Crippen molar-refractivity contribution in [2.75, 3.05) is 5.75 Å². The Bertz CT molecular complexity index is 963. The van der Waals surface area contributed by atoms with Gasteiger partial charge in [0.25, 0.3) is 0 Å². The summed E-state index contributed by atoms with van der Waals surface area (Å²) in [4.78, 5) is 20.1. The molecule has 1 N–H and O–H groups in total. The lowest BCUT2D eigenvalue weighted by molar-refractivity contribution is -0.295. The molecule has 1 aromatic carbocycles. The van der Waals surface area contributed by atoms with Crippen molar-refractivity contribution >= 4 is 28.8 Å². The van der Waals surface area contributed by atoms with Gasteiger partial charge in [-0.15, -0.1) is 0 Å². The Balaban J connectivity index is 1.59. The van der Waals surface area contributed by atoms with Crippen molar-refractivity contribution < 1.29 is 32.5 Å². The molecule has 2 heterocycles. The molecule has 1 saturated heterocycles. The van der Waals surface area contributed by atoms with E-state index in [-0.39, 0.29) is 36.3 Å². The summed E-state index contributed by atoms with van der Waals surface area (Å²) >= 11 is 1.46. The summed E-state index contributed by atoms with van der Waals surface area (Å²) in [6.45, 7) is 8.60. The van der Waals surface area contributed by atoms with Crippen LogP contribution in [0.15, 0.2) is 23.4 Å². The van der Waals surface area contributed by atoms with Gasteiger partial charge in [-0.2, -0.15) is 8.78 Å². The number of H-pyrrole nitrogens is 1. The van der Waals surface area contributed by atoms with Gasteiger partial charge in [0.2, 0.25) is 0 Å². The van der Waals surface area contributed by atoms with Crippen LogP contribution in [-0.4, -0.2) is 51.9 Å². The molecular formula is C23H32F2N2O5S. The van der Waals surface area contributed by atoms with Crippen molar-refractivity contribution in [3.05, 3.63) is 18.2 Å². The van der Waals surface area contributed by atoms with E-state index in [1.807, 2.05) is 41.5 Å². The van der Waals surface area contributed by atoms with Crippen molar-refractivity contribution in [2.45, 2.75) is 89.7 Å². The number of halogens is 2. The van der Waals surface area contributed by atoms with Crippen LogP contribution in [0.5, 0.6) is 5.75 Å². The Morgan fingerprint density at radius 3 is 2.67 bits per heavy atom. The molecule has 0 saturated carbocycles. The van der Waals surface area contributed by atoms with Gasteiger partial charge in [0.15, 0.2) is 10.9 Å². The first kappa shape index (κ1) is 25.7. The number of hydrogen-bond donors (Lipinski definition) is 1. The molecule has 3 rings (SSSR count). The molecule has 0 bridgehead atoms. The third-order valence-electron chi connectivity index (χ3n) is 5.65. The van der Waals surface area contributed by atoms with Crippen LogP contribution < -0.4 is 4.74 Å². The molecule has 2 unspecified atom stereocenters. The maximum Gasteiger partial charge on any atom is 0.387 e. The average Bonchev–Trinajstić information content (AvgIpc) is 3.06. The van der Waals surface area contributed by atoms with Crippen molar-refractivity contribution in [3.63, 3.8) is 0 Å². The van der Waals surface area contributed by atoms with Crippen LogP contribution in [0.3, 0.4) is 0 Å². The number of alkyl halides is 2. The van der Waals surface area contributed by atoms with Crippen LogP contribution in [-0.2, 0) is 19.0 Å². The molecule has 0 radical (unpaired) electrons. The summed E-state index contributed by atoms with van der Waals surface area (Å²) in [5.74, 6) is -0.281. The SMILES string of the molecule is CC(C)C(C)(C)OC(=O)CC1CC(CSc2nc3ccc(OC(F)F)cc3[nH]2)OC(C)(C)O1. The number of aromatic nitrogens is 2. The highest BCUT2D eigenvalue weighted by Gasteiger charge is 2.38. The first-order valence-electron chi connectivity index (χ1n) is 11.0. The predicted octanol–water partition coefficient (Wildman–Crippen LogP) is 5.53. The molecular weight excluding hydrogens is 454 g/mol. The second-order valence-corrected chi connectivity index (χ2v) is 10.5. The second kappa shape index (κ2) is 10.1. The smallest absolute Gasteiger partial charge is 0.387 e. The molecule has 1 fully saturated rings. The average molecular weight is 487 g/mol. The molecule has 7 nitrogen and oxygen atoms in total. The zero-order chi connectivity index (χ0) is 24.4. The number of rotatable bonds is 9. The fraction of sp³-hybridized carbons (Fsp3) is 0.652. The van der Waals surface area contributed by atoms with E-state index in [4.69, 9.17) is 14.2 Å². The summed E-state index contributed by atoms with van der Waals surface area (Å²) in [6.07, 6.45) is 0.210. The van der Waals surface area contributed by atoms with E-state index in [0.717, 1.165) is 0 Å². The number of aromatic amines is 1. The maximum absolute atomic E-state index is 12.5. The number of esters is 1. The molecule has 0 aliphatic carbocycles. The highest BCUT2D eigenvalue weighted by molar-refractivity contribution is 7.99. The lowest BCUT2D eigenvalue weighted by atomic mass is 9.94. The minimum Gasteiger partial charge on any atom is -0.459 e. The maximum atomic E-state index is 12.5. The fourth-order valence-corrected chi connectivity index (χ4v) is 4.36. The van der Waals surface area contributed by atoms with E-state index in [9.17, 15) is 13.6 Å². The molecule has 2 atom stereocenters. The summed E-state index contributed by atoms with van der Waals surface area (Å²) in [7, 11) is 0. The number of benzene rings is 1. The van der Waals surface area contributed by atoms with Crippen LogP contribution >= 0.6 is 11.8 Å². The molecule has 10 heteroatoms. The van der Waals surface area contributed by atoms with Gasteiger partial charge in [-0.3, -0.25) is 4.79 Å². The van der Waals surface area contributed by atoms with Gasteiger partial charge >= 0.3 is 12.6 Å². The number of carbonyl (C=O) groups is 1. The van der Waals surface area contributed by atoms with E-state index >= 15 is 0 Å². The Morgan fingerprint density at radius 2 is 2.00 bits per heavy atom. The number of imidazole rings is 1. The number of nitrogens with zero attached hydrogens (tertiary/aromatic N) is 1. The molecule has 0 amide bonds. The first-order valence-corrected chi connectivity index (χ1v) is 12.0. The third-order valence-corrected chi connectivity index (χ3v) is 6.66. The zero-order valence-corrected chi connectivity index (χ0v) is 20.6. The van der Waals surface area contributed by atoms with E-state index in [0.29, 0.717) is 28.4 Å². The summed E-state index contributed by atoms with van der Waals surface area (Å²) < 4.78 is 47.0. The van der Waals surface area contributed by atoms with E-state index in [1.165, 1.54) is 23.9 Å². The number of hydrogen-bond acceptors (Lipinski definition) is 7. The van der Waals surface area contributed by atoms with Gasteiger partial charge in [0, 0.05) is 18.2 Å². The van der Waals surface area contributed by atoms with E-state index in [2.05, 4.69) is 14.7 Å². The summed E-state index contributed by atoms with van der Waals surface area (Å²) in [5.41, 5.74) is 0.715. The van der Waals surface area contributed by atoms with Crippen LogP contribution in [0, 0.1) is 5.92 Å². The second-order valence-electron chi connectivity index (χ2n) is 9.46. The molecule has 1 aliphatic heterocycles. The predicted molar refractivity (Wildman–Crippen MR) is 122 cm³/mol. The van der Waals surface area contributed by atoms with Gasteiger partial charge in [-0.1, -0.05) is 25.6 Å². The van der Waals surface area contributed by atoms with Gasteiger partial charge in [0.1, 0.15) is 11.4 Å². The highest BCUT2D eigenvalue weighted by atomic mass is 32.2. The quantitative estimate of drug-likeness (QED) is 0.368. The zero-order valence-electron chi connectivity index (χ0n) is 19.8. The fourth-order valence-electron chi connectivity index (χ4n) is 3.47. The Hall–Kier alpha value is -1.91. The molecule has 184 valence electrons. The van der Waals surface area contributed by atoms with E-state index in [1.54, 1.807) is 6.07 Å². The first-order chi connectivity index (χ1) is 15.3. The standard InChI is InChI=1S/C23H32F2N2O5S/c1-13(2)22(3,4)32-19(28)11-15-9-16(31-23(5,6)30-15)12-33-21-26-17-8-7-14(29-20(24)25)10-18(17)27-21/h7-8,10,13,15-16,20H,9,11-12H2,1-6H3,(H,26,27). The van der Waals surface area contributed by atoms with Crippen molar-refractivity contribution in [1.82, 2.24) is 9.97 Å². The lowest BCUT2D eigenvalue weighted by Crippen LogP contribution is -2.46. The summed E-state index contributed by atoms with van der Waals surface area (Å²) in [5, 5.41) is 0.640. The van der Waals surface area contributed by atoms with Crippen LogP contribution in [0.1, 0.15) is 54.4 Å². The number of fused-ring (bicyclic) bond motifs is 1. The minimum atomic E-state index is -2.88. The van der Waals surface area contributed by atoms with Gasteiger partial charge in [-0.05, 0) is 45.7 Å². The van der Waals surface area contributed by atoms with Crippen molar-refractivity contribution in [1.29, 1.82) is 0 Å². The van der Waals surface area contributed by atoms with Gasteiger partial charge < -0.3 is 23.9 Å². The monoisotopic (exact) mass is 486 g/mol. The molecule has 33 heavy (non-hydrogen) atoms. The topological polar surface area (TPSA) is 82.7 Å². The van der Waals surface area contributed by atoms with Crippen LogP contribution in [0.4, 0.5) is 8.78 Å². The van der Waals surface area contributed by atoms with Crippen LogP contribution in [0.25, 0.3) is 11.0 Å². The number of ether oxygens (including phenoxy) is 4. The molecule has 1 aliphatic rings. The van der Waals surface area contributed by atoms with Crippen molar-refractivity contribution in [3.8, 4) is 5.75 Å². The Kier molecular flexibility index (Phi) is 7.91. The Labute approximate surface area is 196 Å². The number of carbonyl (C=O) groups excluding carboxylic acids is 1. The van der Waals surface area contributed by atoms with Crippen LogP contribution in [0.2, 0.25) is 0 Å². The van der Waals surface area contributed by atoms with Gasteiger partial charge in [-0.25, -0.2) is 4.98 Å². The highest BCUT2D eigenvalue weighted by Crippen LogP contribution is 2.33. The number of nitrogens with one attached hydrogen (secondary N) is 1. The molecule has 1 aromatic heterocycles. The molecule has 0 spiro atoms. The normalized spacial score (nSPS) is 21.0. The number of thioether (sulfide) groups is 1.